The smallest absolute Gasteiger partial charge is 0.306 e. The van der Waals surface area contributed by atoms with Crippen LogP contribution in [-0.4, -0.2) is 49.6 Å². The Kier molecular flexibility index (Phi) is 8.97. The number of amides is 1. The predicted octanol–water partition coefficient (Wildman–Crippen LogP) is 4.85. The van der Waals surface area contributed by atoms with E-state index in [0.29, 0.717) is 12.3 Å². The molecule has 0 atom stereocenters. The third-order valence-corrected chi connectivity index (χ3v) is 6.98. The number of carbonyl (C=O) groups excluding carboxylic acids is 2. The van der Waals surface area contributed by atoms with Gasteiger partial charge < -0.3 is 15.0 Å². The van der Waals surface area contributed by atoms with Crippen molar-refractivity contribution in [3.63, 3.8) is 0 Å². The first kappa shape index (κ1) is 24.3. The fourth-order valence-electron chi connectivity index (χ4n) is 4.97. The maximum Gasteiger partial charge on any atom is 0.306 e. The molecule has 2 fully saturated rings. The minimum absolute atomic E-state index is 0.228. The zero-order valence-electron chi connectivity index (χ0n) is 20.1. The molecule has 182 valence electrons. The average molecular weight is 464 g/mol. The number of nitrogens with zero attached hydrogens (tertiary/aromatic N) is 2. The molecule has 4 rings (SSSR count). The number of benzene rings is 2. The van der Waals surface area contributed by atoms with Crippen LogP contribution in [0.25, 0.3) is 0 Å². The van der Waals surface area contributed by atoms with Crippen molar-refractivity contribution >= 4 is 23.3 Å². The number of anilines is 2. The maximum atomic E-state index is 12.2. The van der Waals surface area contributed by atoms with E-state index in [1.54, 1.807) is 0 Å². The Morgan fingerprint density at radius 3 is 2.29 bits per heavy atom. The summed E-state index contributed by atoms with van der Waals surface area (Å²) in [6.45, 7) is 4.78. The van der Waals surface area contributed by atoms with E-state index in [-0.39, 0.29) is 18.5 Å². The normalized spacial score (nSPS) is 17.4. The van der Waals surface area contributed by atoms with Crippen LogP contribution in [0.3, 0.4) is 0 Å². The molecule has 6 nitrogen and oxygen atoms in total. The molecule has 1 saturated carbocycles. The summed E-state index contributed by atoms with van der Waals surface area (Å²) in [6.07, 6.45) is 7.57. The lowest BCUT2D eigenvalue weighted by atomic mass is 9.86. The van der Waals surface area contributed by atoms with Gasteiger partial charge >= 0.3 is 5.97 Å². The molecular weight excluding hydrogens is 426 g/mol. The molecule has 2 aromatic carbocycles. The van der Waals surface area contributed by atoms with Crippen LogP contribution in [0.4, 0.5) is 11.4 Å². The van der Waals surface area contributed by atoms with Crippen molar-refractivity contribution in [1.29, 1.82) is 0 Å². The van der Waals surface area contributed by atoms with Crippen molar-refractivity contribution in [3.05, 3.63) is 60.2 Å². The lowest BCUT2D eigenvalue weighted by Gasteiger charge is -2.36. The quantitative estimate of drug-likeness (QED) is 0.539. The summed E-state index contributed by atoms with van der Waals surface area (Å²) in [4.78, 5) is 29.0. The lowest BCUT2D eigenvalue weighted by Crippen LogP contribution is -2.45. The first-order chi connectivity index (χ1) is 16.7. The first-order valence-electron chi connectivity index (χ1n) is 12.7. The van der Waals surface area contributed by atoms with Gasteiger partial charge in [0.25, 0.3) is 5.91 Å². The fraction of sp³-hybridized carbons (Fsp3) is 0.500. The molecule has 34 heavy (non-hydrogen) atoms. The summed E-state index contributed by atoms with van der Waals surface area (Å²) in [5, 5.41) is 2.82. The molecule has 1 amide bonds. The molecule has 2 aromatic rings. The van der Waals surface area contributed by atoms with Crippen LogP contribution in [0.5, 0.6) is 0 Å². The second-order valence-corrected chi connectivity index (χ2v) is 9.55. The highest BCUT2D eigenvalue weighted by Gasteiger charge is 2.18. The van der Waals surface area contributed by atoms with E-state index >= 15 is 0 Å². The molecule has 0 unspecified atom stereocenters. The summed E-state index contributed by atoms with van der Waals surface area (Å²) in [6, 6.07) is 18.5. The summed E-state index contributed by atoms with van der Waals surface area (Å²) >= 11 is 0. The van der Waals surface area contributed by atoms with Gasteiger partial charge in [0.15, 0.2) is 6.61 Å². The van der Waals surface area contributed by atoms with Gasteiger partial charge in [0.2, 0.25) is 0 Å². The molecule has 1 N–H and O–H groups in total. The molecule has 0 aromatic heterocycles. The van der Waals surface area contributed by atoms with Crippen LogP contribution < -0.4 is 10.2 Å². The minimum atomic E-state index is -0.298. The monoisotopic (exact) mass is 463 g/mol. The Morgan fingerprint density at radius 1 is 0.882 bits per heavy atom. The van der Waals surface area contributed by atoms with Crippen LogP contribution in [0.1, 0.15) is 50.5 Å². The van der Waals surface area contributed by atoms with Gasteiger partial charge in [0.05, 0.1) is 0 Å². The Labute approximate surface area is 203 Å². The van der Waals surface area contributed by atoms with Crippen molar-refractivity contribution in [2.24, 2.45) is 5.92 Å². The van der Waals surface area contributed by atoms with E-state index in [1.807, 2.05) is 24.3 Å². The van der Waals surface area contributed by atoms with Gasteiger partial charge in [-0.3, -0.25) is 14.5 Å². The molecule has 1 aliphatic carbocycles. The second kappa shape index (κ2) is 12.6. The second-order valence-electron chi connectivity index (χ2n) is 9.55. The molecule has 6 heteroatoms. The Balaban J connectivity index is 1.14. The van der Waals surface area contributed by atoms with Crippen molar-refractivity contribution < 1.29 is 14.3 Å². The molecule has 1 saturated heterocycles. The molecule has 0 bridgehead atoms. The van der Waals surface area contributed by atoms with Gasteiger partial charge in [-0.25, -0.2) is 0 Å². The number of carbonyl (C=O) groups is 2. The standard InChI is InChI=1S/C28H37N3O3/c32-27(22-34-28(33)16-11-23-7-3-1-4-8-23)29-25-12-14-26(15-13-25)31-19-17-30(18-20-31)21-24-9-5-2-6-10-24/h2,5-6,9-10,12-15,23H,1,3-4,7-8,11,16-22H2,(H,29,32). The van der Waals surface area contributed by atoms with Crippen molar-refractivity contribution in [1.82, 2.24) is 4.90 Å². The maximum absolute atomic E-state index is 12.2. The zero-order valence-corrected chi connectivity index (χ0v) is 20.1. The predicted molar refractivity (Wildman–Crippen MR) is 136 cm³/mol. The summed E-state index contributed by atoms with van der Waals surface area (Å²) in [7, 11) is 0. The van der Waals surface area contributed by atoms with Gasteiger partial charge in [0, 0.05) is 50.5 Å². The van der Waals surface area contributed by atoms with Crippen molar-refractivity contribution in [2.45, 2.75) is 51.5 Å². The number of nitrogens with one attached hydrogen (secondary N) is 1. The van der Waals surface area contributed by atoms with Crippen LogP contribution in [-0.2, 0) is 20.9 Å². The Morgan fingerprint density at radius 2 is 1.59 bits per heavy atom. The largest absolute Gasteiger partial charge is 0.456 e. The number of ether oxygens (including phenoxy) is 1. The third-order valence-electron chi connectivity index (χ3n) is 6.98. The van der Waals surface area contributed by atoms with Crippen molar-refractivity contribution in [3.8, 4) is 0 Å². The van der Waals surface area contributed by atoms with Crippen LogP contribution in [0.2, 0.25) is 0 Å². The van der Waals surface area contributed by atoms with E-state index in [1.165, 1.54) is 37.7 Å². The third kappa shape index (κ3) is 7.59. The van der Waals surface area contributed by atoms with E-state index in [0.717, 1.165) is 50.5 Å². The molecule has 0 radical (unpaired) electrons. The fourth-order valence-corrected chi connectivity index (χ4v) is 4.97. The summed E-state index contributed by atoms with van der Waals surface area (Å²) in [5.74, 6) is 0.0660. The number of hydrogen-bond acceptors (Lipinski definition) is 5. The van der Waals surface area contributed by atoms with E-state index < -0.39 is 0 Å². The summed E-state index contributed by atoms with van der Waals surface area (Å²) < 4.78 is 5.17. The minimum Gasteiger partial charge on any atom is -0.456 e. The van der Waals surface area contributed by atoms with Gasteiger partial charge in [-0.1, -0.05) is 62.4 Å². The number of hydrogen-bond donors (Lipinski definition) is 1. The van der Waals surface area contributed by atoms with Gasteiger partial charge in [-0.2, -0.15) is 0 Å². The topological polar surface area (TPSA) is 61.9 Å². The zero-order chi connectivity index (χ0) is 23.6. The molecule has 1 heterocycles. The highest BCUT2D eigenvalue weighted by molar-refractivity contribution is 5.92. The Bertz CT molecular complexity index is 902. The first-order valence-corrected chi connectivity index (χ1v) is 12.7. The van der Waals surface area contributed by atoms with E-state index in [2.05, 4.69) is 45.4 Å². The van der Waals surface area contributed by atoms with Gasteiger partial charge in [0.1, 0.15) is 0 Å². The SMILES string of the molecule is O=C(COC(=O)CCC1CCCCC1)Nc1ccc(N2CCN(Cc3ccccc3)CC2)cc1. The Hall–Kier alpha value is -2.86. The molecule has 1 aliphatic heterocycles. The van der Waals surface area contributed by atoms with Crippen LogP contribution in [0, 0.1) is 5.92 Å². The number of rotatable bonds is 9. The lowest BCUT2D eigenvalue weighted by molar-refractivity contribution is -0.147. The molecule has 2 aliphatic rings. The number of piperazine rings is 1. The van der Waals surface area contributed by atoms with Crippen LogP contribution in [0.15, 0.2) is 54.6 Å². The summed E-state index contributed by atoms with van der Waals surface area (Å²) in [5.41, 5.74) is 3.23. The average Bonchev–Trinajstić information content (AvgIpc) is 2.88. The van der Waals surface area contributed by atoms with Crippen LogP contribution >= 0.6 is 0 Å². The number of esters is 1. The van der Waals surface area contributed by atoms with Crippen molar-refractivity contribution in [2.75, 3.05) is 43.0 Å². The molecule has 0 spiro atoms. The van der Waals surface area contributed by atoms with Gasteiger partial charge in [-0.15, -0.1) is 0 Å². The van der Waals surface area contributed by atoms with E-state index in [4.69, 9.17) is 4.74 Å². The highest BCUT2D eigenvalue weighted by Crippen LogP contribution is 2.27. The van der Waals surface area contributed by atoms with E-state index in [9.17, 15) is 9.59 Å². The molecular formula is C28H37N3O3. The van der Waals surface area contributed by atoms with Gasteiger partial charge in [-0.05, 0) is 42.2 Å². The highest BCUT2D eigenvalue weighted by atomic mass is 16.5.